The van der Waals surface area contributed by atoms with Crippen LogP contribution in [0.25, 0.3) is 0 Å². The Morgan fingerprint density at radius 2 is 2.29 bits per heavy atom. The fourth-order valence-corrected chi connectivity index (χ4v) is 2.81. The molecule has 1 aromatic carbocycles. The predicted octanol–water partition coefficient (Wildman–Crippen LogP) is 2.07. The molecular formula is C15H18ClN3O5. The van der Waals surface area contributed by atoms with Gasteiger partial charge in [0.25, 0.3) is 5.69 Å². The molecule has 8 nitrogen and oxygen atoms in total. The van der Waals surface area contributed by atoms with Crippen molar-refractivity contribution in [3.63, 3.8) is 0 Å². The molecule has 0 radical (unpaired) electrons. The summed E-state index contributed by atoms with van der Waals surface area (Å²) in [6.45, 7) is 1.44. The SMILES string of the molecule is COC(=O)[C@@H]1CC(=O)N(CCCNc2ccc([N+](=O)[O-])cc2Cl)C1. The number of ether oxygens (including phenoxy) is 1. The van der Waals surface area contributed by atoms with Crippen molar-refractivity contribution < 1.29 is 19.2 Å². The summed E-state index contributed by atoms with van der Waals surface area (Å²) in [4.78, 5) is 35.1. The molecule has 0 aromatic heterocycles. The number of non-ortho nitro benzene ring substituents is 1. The van der Waals surface area contributed by atoms with E-state index in [1.807, 2.05) is 0 Å². The van der Waals surface area contributed by atoms with Gasteiger partial charge in [0.15, 0.2) is 0 Å². The van der Waals surface area contributed by atoms with Gasteiger partial charge in [-0.25, -0.2) is 0 Å². The standard InChI is InChI=1S/C15H18ClN3O5/c1-24-15(21)10-7-14(20)18(9-10)6-2-5-17-13-4-3-11(19(22)23)8-12(13)16/h3-4,8,10,17H,2,5-7,9H2,1H3/t10-/m1/s1. The van der Waals surface area contributed by atoms with Gasteiger partial charge in [0.05, 0.1) is 28.7 Å². The molecule has 1 amide bonds. The summed E-state index contributed by atoms with van der Waals surface area (Å²) in [6, 6.07) is 4.21. The molecule has 1 saturated heterocycles. The number of esters is 1. The first-order valence-electron chi connectivity index (χ1n) is 7.45. The zero-order chi connectivity index (χ0) is 17.7. The maximum Gasteiger partial charge on any atom is 0.310 e. The van der Waals surface area contributed by atoms with E-state index in [2.05, 4.69) is 10.1 Å². The summed E-state index contributed by atoms with van der Waals surface area (Å²) >= 11 is 5.99. The minimum atomic E-state index is -0.508. The van der Waals surface area contributed by atoms with Gasteiger partial charge in [0.2, 0.25) is 5.91 Å². The number of benzene rings is 1. The van der Waals surface area contributed by atoms with E-state index in [0.29, 0.717) is 31.7 Å². The van der Waals surface area contributed by atoms with Crippen LogP contribution >= 0.6 is 11.6 Å². The first-order chi connectivity index (χ1) is 11.4. The van der Waals surface area contributed by atoms with Gasteiger partial charge in [-0.3, -0.25) is 19.7 Å². The van der Waals surface area contributed by atoms with Crippen molar-refractivity contribution in [1.29, 1.82) is 0 Å². The number of hydrogen-bond acceptors (Lipinski definition) is 6. The Kier molecular flexibility index (Phi) is 5.97. The second-order valence-corrected chi connectivity index (χ2v) is 5.87. The third kappa shape index (κ3) is 4.35. The first-order valence-corrected chi connectivity index (χ1v) is 7.83. The van der Waals surface area contributed by atoms with E-state index in [-0.39, 0.29) is 34.9 Å². The Morgan fingerprint density at radius 3 is 2.92 bits per heavy atom. The number of carbonyl (C=O) groups is 2. The highest BCUT2D eigenvalue weighted by Crippen LogP contribution is 2.26. The highest BCUT2D eigenvalue weighted by atomic mass is 35.5. The Balaban J connectivity index is 1.78. The fraction of sp³-hybridized carbons (Fsp3) is 0.467. The van der Waals surface area contributed by atoms with Gasteiger partial charge in [-0.15, -0.1) is 0 Å². The maximum absolute atomic E-state index is 11.8. The zero-order valence-corrected chi connectivity index (χ0v) is 13.9. The second-order valence-electron chi connectivity index (χ2n) is 5.47. The molecule has 0 bridgehead atoms. The molecule has 0 unspecified atom stereocenters. The number of halogens is 1. The highest BCUT2D eigenvalue weighted by molar-refractivity contribution is 6.33. The van der Waals surface area contributed by atoms with E-state index in [0.717, 1.165) is 0 Å². The van der Waals surface area contributed by atoms with Gasteiger partial charge < -0.3 is 15.0 Å². The molecular weight excluding hydrogens is 338 g/mol. The molecule has 1 aliphatic heterocycles. The van der Waals surface area contributed by atoms with Crippen LogP contribution in [0.1, 0.15) is 12.8 Å². The van der Waals surface area contributed by atoms with E-state index in [4.69, 9.17) is 11.6 Å². The van der Waals surface area contributed by atoms with Crippen molar-refractivity contribution in [2.45, 2.75) is 12.8 Å². The van der Waals surface area contributed by atoms with Crippen LogP contribution in [0, 0.1) is 16.0 Å². The molecule has 9 heteroatoms. The number of anilines is 1. The molecule has 0 spiro atoms. The maximum atomic E-state index is 11.8. The third-order valence-corrected chi connectivity index (χ3v) is 4.15. The Bertz CT molecular complexity index is 652. The summed E-state index contributed by atoms with van der Waals surface area (Å²) in [5, 5.41) is 14.0. The molecule has 1 N–H and O–H groups in total. The van der Waals surface area contributed by atoms with Gasteiger partial charge in [-0.05, 0) is 12.5 Å². The topological polar surface area (TPSA) is 102 Å². The van der Waals surface area contributed by atoms with Gasteiger partial charge >= 0.3 is 5.97 Å². The number of nitrogens with zero attached hydrogens (tertiary/aromatic N) is 2. The summed E-state index contributed by atoms with van der Waals surface area (Å²) in [6.07, 6.45) is 0.848. The van der Waals surface area contributed by atoms with Crippen LogP contribution in [0.3, 0.4) is 0 Å². The summed E-state index contributed by atoms with van der Waals surface area (Å²) in [5.41, 5.74) is 0.532. The third-order valence-electron chi connectivity index (χ3n) is 3.83. The van der Waals surface area contributed by atoms with Gasteiger partial charge in [-0.2, -0.15) is 0 Å². The number of hydrogen-bond donors (Lipinski definition) is 1. The molecule has 1 heterocycles. The number of nitrogens with one attached hydrogen (secondary N) is 1. The summed E-state index contributed by atoms with van der Waals surface area (Å²) < 4.78 is 4.66. The van der Waals surface area contributed by atoms with Crippen molar-refractivity contribution in [2.75, 3.05) is 32.1 Å². The van der Waals surface area contributed by atoms with E-state index < -0.39 is 4.92 Å². The Labute approximate surface area is 143 Å². The second kappa shape index (κ2) is 7.96. The zero-order valence-electron chi connectivity index (χ0n) is 13.2. The molecule has 130 valence electrons. The Hall–Kier alpha value is -2.35. The highest BCUT2D eigenvalue weighted by Gasteiger charge is 2.34. The number of nitro groups is 1. The van der Waals surface area contributed by atoms with E-state index in [1.165, 1.54) is 19.2 Å². The van der Waals surface area contributed by atoms with Crippen molar-refractivity contribution in [3.05, 3.63) is 33.3 Å². The molecule has 2 rings (SSSR count). The van der Waals surface area contributed by atoms with Crippen molar-refractivity contribution in [2.24, 2.45) is 5.92 Å². The number of nitro benzene ring substituents is 1. The normalized spacial score (nSPS) is 17.0. The molecule has 1 aliphatic rings. The smallest absolute Gasteiger partial charge is 0.310 e. The lowest BCUT2D eigenvalue weighted by Crippen LogP contribution is -2.28. The van der Waals surface area contributed by atoms with E-state index >= 15 is 0 Å². The van der Waals surface area contributed by atoms with Crippen LogP contribution in [0.2, 0.25) is 5.02 Å². The van der Waals surface area contributed by atoms with Crippen molar-refractivity contribution >= 4 is 34.9 Å². The van der Waals surface area contributed by atoms with Crippen LogP contribution in [0.5, 0.6) is 0 Å². The minimum Gasteiger partial charge on any atom is -0.469 e. The molecule has 1 atom stereocenters. The lowest BCUT2D eigenvalue weighted by Gasteiger charge is -2.16. The number of methoxy groups -OCH3 is 1. The lowest BCUT2D eigenvalue weighted by atomic mass is 10.1. The molecule has 0 aliphatic carbocycles. The average molecular weight is 356 g/mol. The summed E-state index contributed by atoms with van der Waals surface area (Å²) in [7, 11) is 1.31. The van der Waals surface area contributed by atoms with Crippen molar-refractivity contribution in [1.82, 2.24) is 4.90 Å². The van der Waals surface area contributed by atoms with Crippen molar-refractivity contribution in [3.8, 4) is 0 Å². The Morgan fingerprint density at radius 1 is 1.54 bits per heavy atom. The minimum absolute atomic E-state index is 0.0567. The average Bonchev–Trinajstić information content (AvgIpc) is 2.92. The van der Waals surface area contributed by atoms with Gasteiger partial charge in [0, 0.05) is 38.2 Å². The van der Waals surface area contributed by atoms with E-state index in [9.17, 15) is 19.7 Å². The number of rotatable bonds is 7. The largest absolute Gasteiger partial charge is 0.469 e. The van der Waals surface area contributed by atoms with Gasteiger partial charge in [-0.1, -0.05) is 11.6 Å². The number of carbonyl (C=O) groups excluding carboxylic acids is 2. The lowest BCUT2D eigenvalue weighted by molar-refractivity contribution is -0.384. The van der Waals surface area contributed by atoms with Crippen LogP contribution in [-0.4, -0.2) is 48.4 Å². The summed E-state index contributed by atoms with van der Waals surface area (Å²) in [5.74, 6) is -0.806. The number of likely N-dealkylation sites (tertiary alicyclic amines) is 1. The first kappa shape index (κ1) is 18.0. The van der Waals surface area contributed by atoms with Crippen LogP contribution in [0.15, 0.2) is 18.2 Å². The quantitative estimate of drug-likeness (QED) is 0.347. The molecule has 1 aromatic rings. The van der Waals surface area contributed by atoms with E-state index in [1.54, 1.807) is 11.0 Å². The predicted molar refractivity (Wildman–Crippen MR) is 87.9 cm³/mol. The van der Waals surface area contributed by atoms with Crippen LogP contribution in [0.4, 0.5) is 11.4 Å². The molecule has 0 saturated carbocycles. The fourth-order valence-electron chi connectivity index (χ4n) is 2.57. The monoisotopic (exact) mass is 355 g/mol. The molecule has 24 heavy (non-hydrogen) atoms. The van der Waals surface area contributed by atoms with Crippen LogP contribution in [-0.2, 0) is 14.3 Å². The van der Waals surface area contributed by atoms with Crippen LogP contribution < -0.4 is 5.32 Å². The van der Waals surface area contributed by atoms with Gasteiger partial charge in [0.1, 0.15) is 0 Å². The molecule has 1 fully saturated rings. The number of amides is 1.